The van der Waals surface area contributed by atoms with Gasteiger partial charge in [0, 0.05) is 6.42 Å². The van der Waals surface area contributed by atoms with Crippen LogP contribution in [-0.2, 0) is 14.3 Å². The zero-order valence-corrected chi connectivity index (χ0v) is 15.5. The number of hydrogen-bond donors (Lipinski definition) is 1. The minimum atomic E-state index is -0.286. The Morgan fingerprint density at radius 1 is 1.20 bits per heavy atom. The van der Waals surface area contributed by atoms with Crippen molar-refractivity contribution in [1.82, 2.24) is 4.98 Å². The van der Waals surface area contributed by atoms with Crippen LogP contribution in [0, 0.1) is 11.8 Å². The summed E-state index contributed by atoms with van der Waals surface area (Å²) in [5, 5.41) is 3.33. The molecule has 1 fully saturated rings. The van der Waals surface area contributed by atoms with Crippen LogP contribution >= 0.6 is 11.3 Å². The van der Waals surface area contributed by atoms with Crippen molar-refractivity contribution in [3.8, 4) is 0 Å². The van der Waals surface area contributed by atoms with Gasteiger partial charge in [-0.3, -0.25) is 9.59 Å². The van der Waals surface area contributed by atoms with Gasteiger partial charge in [-0.15, -0.1) is 0 Å². The van der Waals surface area contributed by atoms with Gasteiger partial charge in [0.05, 0.1) is 16.6 Å². The molecule has 1 aromatic heterocycles. The van der Waals surface area contributed by atoms with E-state index in [9.17, 15) is 9.59 Å². The summed E-state index contributed by atoms with van der Waals surface area (Å²) in [5.41, 5.74) is 0.864. The molecular formula is C19H24N2O3S. The van der Waals surface area contributed by atoms with Gasteiger partial charge in [-0.2, -0.15) is 0 Å². The third-order valence-corrected chi connectivity index (χ3v) is 5.90. The molecule has 25 heavy (non-hydrogen) atoms. The molecule has 2 aromatic rings. The Morgan fingerprint density at radius 3 is 2.76 bits per heavy atom. The van der Waals surface area contributed by atoms with E-state index in [2.05, 4.69) is 24.1 Å². The van der Waals surface area contributed by atoms with Crippen molar-refractivity contribution in [2.45, 2.75) is 52.1 Å². The highest BCUT2D eigenvalue weighted by atomic mass is 32.1. The molecule has 0 spiro atoms. The predicted molar refractivity (Wildman–Crippen MR) is 99.5 cm³/mol. The van der Waals surface area contributed by atoms with Gasteiger partial charge in [0.15, 0.2) is 5.13 Å². The number of amides is 1. The van der Waals surface area contributed by atoms with Crippen LogP contribution in [0.4, 0.5) is 5.13 Å². The molecule has 3 atom stereocenters. The van der Waals surface area contributed by atoms with Crippen molar-refractivity contribution in [3.63, 3.8) is 0 Å². The van der Waals surface area contributed by atoms with E-state index in [4.69, 9.17) is 4.74 Å². The number of esters is 1. The zero-order chi connectivity index (χ0) is 17.8. The lowest BCUT2D eigenvalue weighted by molar-refractivity contribution is -0.152. The number of hydrogen-bond acceptors (Lipinski definition) is 5. The summed E-state index contributed by atoms with van der Waals surface area (Å²) in [5.74, 6) is 0.774. The first-order valence-corrected chi connectivity index (χ1v) is 9.68. The van der Waals surface area contributed by atoms with Gasteiger partial charge >= 0.3 is 5.97 Å². The lowest BCUT2D eigenvalue weighted by Gasteiger charge is -2.31. The summed E-state index contributed by atoms with van der Waals surface area (Å²) in [6.07, 6.45) is 3.17. The summed E-state index contributed by atoms with van der Waals surface area (Å²) in [4.78, 5) is 28.4. The summed E-state index contributed by atoms with van der Waals surface area (Å²) in [6, 6.07) is 7.72. The average Bonchev–Trinajstić information content (AvgIpc) is 2.98. The number of aromatic nitrogens is 1. The maximum atomic E-state index is 12.0. The van der Waals surface area contributed by atoms with E-state index in [0.29, 0.717) is 17.0 Å². The number of thiazole rings is 1. The first-order chi connectivity index (χ1) is 12.0. The second kappa shape index (κ2) is 7.95. The molecule has 1 N–H and O–H groups in total. The predicted octanol–water partition coefficient (Wildman–Crippen LogP) is 4.38. The van der Waals surface area contributed by atoms with Crippen LogP contribution in [0.2, 0.25) is 0 Å². The largest absolute Gasteiger partial charge is 0.462 e. The van der Waals surface area contributed by atoms with Gasteiger partial charge in [-0.05, 0) is 43.2 Å². The first kappa shape index (κ1) is 17.9. The molecule has 134 valence electrons. The van der Waals surface area contributed by atoms with Gasteiger partial charge in [0.2, 0.25) is 5.91 Å². The maximum Gasteiger partial charge on any atom is 0.306 e. The minimum absolute atomic E-state index is 0.00558. The maximum absolute atomic E-state index is 12.0. The molecule has 0 saturated heterocycles. The average molecular weight is 360 g/mol. The summed E-state index contributed by atoms with van der Waals surface area (Å²) in [6.45, 7) is 4.45. The smallest absolute Gasteiger partial charge is 0.306 e. The molecule has 0 bridgehead atoms. The van der Waals surface area contributed by atoms with E-state index >= 15 is 0 Å². The molecule has 1 amide bonds. The highest BCUT2D eigenvalue weighted by Crippen LogP contribution is 2.31. The quantitative estimate of drug-likeness (QED) is 0.803. The van der Waals surface area contributed by atoms with E-state index in [1.807, 2.05) is 24.3 Å². The number of anilines is 1. The number of carbonyl (C=O) groups excluding carboxylic acids is 2. The minimum Gasteiger partial charge on any atom is -0.462 e. The van der Waals surface area contributed by atoms with Crippen molar-refractivity contribution in [2.75, 3.05) is 5.32 Å². The van der Waals surface area contributed by atoms with Gasteiger partial charge < -0.3 is 10.1 Å². The molecule has 1 saturated carbocycles. The Balaban J connectivity index is 1.43. The number of nitrogens with zero attached hydrogens (tertiary/aromatic N) is 1. The van der Waals surface area contributed by atoms with Crippen LogP contribution in [0.1, 0.15) is 46.0 Å². The summed E-state index contributed by atoms with van der Waals surface area (Å²) < 4.78 is 6.55. The molecule has 0 radical (unpaired) electrons. The van der Waals surface area contributed by atoms with Gasteiger partial charge in [-0.25, -0.2) is 4.98 Å². The molecule has 1 aliphatic rings. The van der Waals surface area contributed by atoms with Crippen LogP contribution in [0.3, 0.4) is 0 Å². The standard InChI is InChI=1S/C19H24N2O3S/c1-12-7-8-14(11-13(12)2)24-18(23)10-9-17(22)21-19-20-15-5-3-4-6-16(15)25-19/h3-6,12-14H,7-11H2,1-2H3,(H,20,21,22). The summed E-state index contributed by atoms with van der Waals surface area (Å²) >= 11 is 1.43. The molecule has 1 heterocycles. The van der Waals surface area contributed by atoms with E-state index in [1.165, 1.54) is 11.3 Å². The van der Waals surface area contributed by atoms with Gasteiger partial charge in [0.1, 0.15) is 6.10 Å². The Morgan fingerprint density at radius 2 is 2.00 bits per heavy atom. The highest BCUT2D eigenvalue weighted by molar-refractivity contribution is 7.22. The van der Waals surface area contributed by atoms with Crippen molar-refractivity contribution in [3.05, 3.63) is 24.3 Å². The molecule has 5 nitrogen and oxygen atoms in total. The van der Waals surface area contributed by atoms with Crippen LogP contribution in [0.25, 0.3) is 10.2 Å². The Bertz CT molecular complexity index is 725. The van der Waals surface area contributed by atoms with Crippen molar-refractivity contribution >= 4 is 38.6 Å². The fourth-order valence-electron chi connectivity index (χ4n) is 3.17. The number of para-hydroxylation sites is 1. The van der Waals surface area contributed by atoms with E-state index < -0.39 is 0 Å². The summed E-state index contributed by atoms with van der Waals surface area (Å²) in [7, 11) is 0. The zero-order valence-electron chi connectivity index (χ0n) is 14.7. The van der Waals surface area contributed by atoms with Crippen LogP contribution in [0.5, 0.6) is 0 Å². The third kappa shape index (κ3) is 4.78. The third-order valence-electron chi connectivity index (χ3n) is 4.94. The van der Waals surface area contributed by atoms with Crippen LogP contribution in [-0.4, -0.2) is 23.0 Å². The topological polar surface area (TPSA) is 68.3 Å². The van der Waals surface area contributed by atoms with E-state index in [0.717, 1.165) is 29.5 Å². The van der Waals surface area contributed by atoms with Crippen molar-refractivity contribution in [1.29, 1.82) is 0 Å². The van der Waals surface area contributed by atoms with Crippen LogP contribution < -0.4 is 5.32 Å². The number of ether oxygens (including phenoxy) is 1. The SMILES string of the molecule is CC1CCC(OC(=O)CCC(=O)Nc2nc3ccccc3s2)CC1C. The lowest BCUT2D eigenvalue weighted by atomic mass is 9.80. The normalized spacial score (nSPS) is 23.4. The lowest BCUT2D eigenvalue weighted by Crippen LogP contribution is -2.29. The molecule has 1 aliphatic carbocycles. The van der Waals surface area contributed by atoms with Crippen LogP contribution in [0.15, 0.2) is 24.3 Å². The van der Waals surface area contributed by atoms with E-state index in [1.54, 1.807) is 0 Å². The fraction of sp³-hybridized carbons (Fsp3) is 0.526. The molecule has 3 unspecified atom stereocenters. The number of rotatable bonds is 5. The molecule has 3 rings (SSSR count). The second-order valence-electron chi connectivity index (χ2n) is 6.91. The van der Waals surface area contributed by atoms with Gasteiger partial charge in [0.25, 0.3) is 0 Å². The number of fused-ring (bicyclic) bond motifs is 1. The van der Waals surface area contributed by atoms with Crippen molar-refractivity contribution in [2.24, 2.45) is 11.8 Å². The second-order valence-corrected chi connectivity index (χ2v) is 7.95. The molecular weight excluding hydrogens is 336 g/mol. The Labute approximate surface area is 151 Å². The Kier molecular flexibility index (Phi) is 5.68. The first-order valence-electron chi connectivity index (χ1n) is 8.86. The fourth-order valence-corrected chi connectivity index (χ4v) is 4.06. The van der Waals surface area contributed by atoms with E-state index in [-0.39, 0.29) is 30.8 Å². The number of carbonyl (C=O) groups is 2. The highest BCUT2D eigenvalue weighted by Gasteiger charge is 2.27. The molecule has 0 aliphatic heterocycles. The van der Waals surface area contributed by atoms with Gasteiger partial charge in [-0.1, -0.05) is 37.3 Å². The number of benzene rings is 1. The Hall–Kier alpha value is -1.95. The van der Waals surface area contributed by atoms with Crippen molar-refractivity contribution < 1.29 is 14.3 Å². The number of nitrogens with one attached hydrogen (secondary N) is 1. The monoisotopic (exact) mass is 360 g/mol. The molecule has 1 aromatic carbocycles. The molecule has 6 heteroatoms.